The molecule has 5 rings (SSSR count). The number of carbonyl (C=O) groups is 1. The lowest BCUT2D eigenvalue weighted by atomic mass is 9.66. The van der Waals surface area contributed by atoms with Crippen molar-refractivity contribution in [1.82, 2.24) is 19.2 Å². The van der Waals surface area contributed by atoms with E-state index in [1.807, 2.05) is 19.1 Å². The van der Waals surface area contributed by atoms with Crippen molar-refractivity contribution >= 4 is 49.3 Å². The monoisotopic (exact) mass is 719 g/mol. The molecule has 2 aromatic rings. The molecule has 11 nitrogen and oxygen atoms in total. The maximum absolute atomic E-state index is 13.0. The van der Waals surface area contributed by atoms with Gasteiger partial charge in [-0.05, 0) is 97.3 Å². The highest BCUT2D eigenvalue weighted by molar-refractivity contribution is 9.10. The number of ether oxygens (including phenoxy) is 1. The maximum atomic E-state index is 13.0. The first-order chi connectivity index (χ1) is 22.0. The van der Waals surface area contributed by atoms with Crippen LogP contribution in [0.5, 0.6) is 0 Å². The molecule has 2 aliphatic heterocycles. The third kappa shape index (κ3) is 9.18. The second-order valence-corrected chi connectivity index (χ2v) is 16.5. The zero-order valence-corrected chi connectivity index (χ0v) is 29.7. The number of nitrogens with one attached hydrogen (secondary N) is 2. The van der Waals surface area contributed by atoms with Crippen LogP contribution in [-0.2, 0) is 14.8 Å². The van der Waals surface area contributed by atoms with Crippen molar-refractivity contribution in [2.75, 3.05) is 62.3 Å². The van der Waals surface area contributed by atoms with Gasteiger partial charge >= 0.3 is 0 Å². The average Bonchev–Trinajstić information content (AvgIpc) is 3.00. The number of hydrogen-bond acceptors (Lipinski definition) is 9. The van der Waals surface area contributed by atoms with Gasteiger partial charge in [0.2, 0.25) is 16.0 Å². The van der Waals surface area contributed by atoms with E-state index in [4.69, 9.17) is 10.5 Å². The molecule has 3 heterocycles. The van der Waals surface area contributed by atoms with Gasteiger partial charge in [0.1, 0.15) is 5.82 Å². The predicted molar refractivity (Wildman–Crippen MR) is 186 cm³/mol. The molecule has 13 heteroatoms. The molecule has 254 valence electrons. The van der Waals surface area contributed by atoms with Crippen molar-refractivity contribution in [2.45, 2.75) is 77.7 Å². The van der Waals surface area contributed by atoms with Gasteiger partial charge in [-0.3, -0.25) is 4.79 Å². The quantitative estimate of drug-likeness (QED) is 0.209. The van der Waals surface area contributed by atoms with Gasteiger partial charge < -0.3 is 26.0 Å². The van der Waals surface area contributed by atoms with Gasteiger partial charge in [0.15, 0.2) is 0 Å². The smallest absolute Gasteiger partial charge is 0.251 e. The molecule has 1 amide bonds. The summed E-state index contributed by atoms with van der Waals surface area (Å²) < 4.78 is 33.8. The first-order valence-corrected chi connectivity index (χ1v) is 19.2. The number of hydrogen-bond donors (Lipinski definition) is 3. The summed E-state index contributed by atoms with van der Waals surface area (Å²) in [7, 11) is -3.37. The summed E-state index contributed by atoms with van der Waals surface area (Å²) >= 11 is 3.47. The number of nitrogens with two attached hydrogens (primary N) is 1. The zero-order chi connectivity index (χ0) is 32.7. The number of likely N-dealkylation sites (tertiary alicyclic amines) is 1. The largest absolute Gasteiger partial charge is 0.380 e. The minimum atomic E-state index is -3.37. The number of piperidine rings is 1. The molecule has 0 unspecified atom stereocenters. The van der Waals surface area contributed by atoms with E-state index in [9.17, 15) is 13.2 Å². The number of carbonyl (C=O) groups excluding carboxylic acids is 1. The van der Waals surface area contributed by atoms with Crippen LogP contribution in [0.1, 0.15) is 80.6 Å². The number of halogens is 1. The average molecular weight is 721 g/mol. The fraction of sp³-hybridized carbons (Fsp3) is 0.667. The van der Waals surface area contributed by atoms with E-state index < -0.39 is 15.9 Å². The summed E-state index contributed by atoms with van der Waals surface area (Å²) in [5.41, 5.74) is 7.96. The molecule has 1 saturated carbocycles. The van der Waals surface area contributed by atoms with Gasteiger partial charge in [0.25, 0.3) is 5.91 Å². The summed E-state index contributed by atoms with van der Waals surface area (Å²) in [5, 5.41) is 6.52. The van der Waals surface area contributed by atoms with Crippen molar-refractivity contribution < 1.29 is 17.9 Å². The van der Waals surface area contributed by atoms with Gasteiger partial charge in [0.05, 0.1) is 28.1 Å². The maximum Gasteiger partial charge on any atom is 0.251 e. The summed E-state index contributed by atoms with van der Waals surface area (Å²) in [4.78, 5) is 23.6. The highest BCUT2D eigenvalue weighted by Crippen LogP contribution is 2.45. The lowest BCUT2D eigenvalue weighted by Crippen LogP contribution is -2.57. The normalized spacial score (nSPS) is 19.6. The first kappa shape index (κ1) is 35.0. The van der Waals surface area contributed by atoms with E-state index in [1.54, 1.807) is 16.6 Å². The Morgan fingerprint density at radius 2 is 1.85 bits per heavy atom. The lowest BCUT2D eigenvalue weighted by molar-refractivity contribution is -0.0370. The molecule has 0 radical (unpaired) electrons. The Labute approximate surface area is 282 Å². The number of sulfonamides is 1. The second kappa shape index (κ2) is 15.7. The number of rotatable bonds is 15. The van der Waals surface area contributed by atoms with Crippen molar-refractivity contribution in [3.63, 3.8) is 0 Å². The lowest BCUT2D eigenvalue weighted by Gasteiger charge is -2.53. The summed E-state index contributed by atoms with van der Waals surface area (Å²) in [6.45, 7) is 9.67. The van der Waals surface area contributed by atoms with Gasteiger partial charge in [-0.2, -0.15) is 4.98 Å². The fourth-order valence-electron chi connectivity index (χ4n) is 7.07. The molecule has 1 aromatic carbocycles. The van der Waals surface area contributed by atoms with E-state index in [0.29, 0.717) is 65.4 Å². The Bertz CT molecular complexity index is 1440. The molecule has 0 bridgehead atoms. The van der Waals surface area contributed by atoms with Crippen molar-refractivity contribution in [1.29, 1.82) is 0 Å². The number of amides is 1. The minimum absolute atomic E-state index is 0.0106. The van der Waals surface area contributed by atoms with Crippen molar-refractivity contribution in [2.24, 2.45) is 17.1 Å². The Hall–Kier alpha value is -2.32. The SMILES string of the molecule is Cc1cccc(Nc2nc(NC3CCN(S(=O)(=O)CCOCCCCCN4CC5(CCC(C)CC5)C4)CC3)ncc2Br)c1C(N)=O. The Morgan fingerprint density at radius 1 is 1.11 bits per heavy atom. The molecule has 0 atom stereocenters. The van der Waals surface area contributed by atoms with Crippen LogP contribution in [0.25, 0.3) is 0 Å². The number of nitrogens with zero attached hydrogens (tertiary/aromatic N) is 4. The highest BCUT2D eigenvalue weighted by Gasteiger charge is 2.43. The minimum Gasteiger partial charge on any atom is -0.380 e. The summed E-state index contributed by atoms with van der Waals surface area (Å²) in [6.07, 6.45) is 11.8. The highest BCUT2D eigenvalue weighted by atomic mass is 79.9. The molecule has 46 heavy (non-hydrogen) atoms. The summed E-state index contributed by atoms with van der Waals surface area (Å²) in [6, 6.07) is 5.47. The van der Waals surface area contributed by atoms with Crippen molar-refractivity contribution in [3.8, 4) is 0 Å². The van der Waals surface area contributed by atoms with E-state index in [-0.39, 0.29) is 18.4 Å². The third-order valence-electron chi connectivity index (χ3n) is 9.90. The third-order valence-corrected chi connectivity index (χ3v) is 12.3. The molecule has 4 N–H and O–H groups in total. The first-order valence-electron chi connectivity index (χ1n) is 16.8. The molecular formula is C33H50BrN7O4S. The molecule has 1 spiro atoms. The molecule has 3 aliphatic rings. The number of aryl methyl sites for hydroxylation is 1. The van der Waals surface area contributed by atoms with Crippen LogP contribution in [0.3, 0.4) is 0 Å². The van der Waals surface area contributed by atoms with Crippen LogP contribution >= 0.6 is 15.9 Å². The van der Waals surface area contributed by atoms with Crippen LogP contribution in [0.15, 0.2) is 28.9 Å². The topological polar surface area (TPSA) is 143 Å². The number of anilines is 3. The van der Waals surface area contributed by atoms with Gasteiger partial charge in [0, 0.05) is 45.0 Å². The van der Waals surface area contributed by atoms with Crippen LogP contribution < -0.4 is 16.4 Å². The Morgan fingerprint density at radius 3 is 2.57 bits per heavy atom. The molecule has 3 fully saturated rings. The predicted octanol–water partition coefficient (Wildman–Crippen LogP) is 5.30. The standard InChI is InChI=1S/C33H50BrN7O4S/c1-24-9-13-33(14-10-24)22-40(23-33)15-4-3-5-18-45-19-20-46(43,44)41-16-11-26(12-17-41)37-32-36-21-27(34)31(39-32)38-28-8-6-7-25(2)29(28)30(35)42/h6-8,21,24,26H,3-5,9-20,22-23H2,1-2H3,(H2,35,42)(H2,36,37,38,39). The summed E-state index contributed by atoms with van der Waals surface area (Å²) in [5.74, 6) is 1.31. The molecule has 2 saturated heterocycles. The van der Waals surface area contributed by atoms with Crippen molar-refractivity contribution in [3.05, 3.63) is 40.0 Å². The van der Waals surface area contributed by atoms with E-state index in [1.165, 1.54) is 51.7 Å². The van der Waals surface area contributed by atoms with Crippen LogP contribution in [0.2, 0.25) is 0 Å². The zero-order valence-electron chi connectivity index (χ0n) is 27.3. The van der Waals surface area contributed by atoms with Crippen LogP contribution in [0.4, 0.5) is 17.5 Å². The number of primary amides is 1. The molecule has 1 aromatic heterocycles. The number of benzene rings is 1. The molecular weight excluding hydrogens is 670 g/mol. The number of aromatic nitrogens is 2. The molecule has 1 aliphatic carbocycles. The van der Waals surface area contributed by atoms with E-state index in [2.05, 4.69) is 48.4 Å². The fourth-order valence-corrected chi connectivity index (χ4v) is 8.72. The van der Waals surface area contributed by atoms with Gasteiger partial charge in [-0.25, -0.2) is 17.7 Å². The van der Waals surface area contributed by atoms with Crippen LogP contribution in [0, 0.1) is 18.3 Å². The Kier molecular flexibility index (Phi) is 12.0. The Balaban J connectivity index is 0.966. The van der Waals surface area contributed by atoms with Gasteiger partial charge in [-0.15, -0.1) is 0 Å². The second-order valence-electron chi connectivity index (χ2n) is 13.6. The van der Waals surface area contributed by atoms with E-state index in [0.717, 1.165) is 24.3 Å². The van der Waals surface area contributed by atoms with Gasteiger partial charge in [-0.1, -0.05) is 31.9 Å². The number of unbranched alkanes of at least 4 members (excludes halogenated alkanes) is 2. The van der Waals surface area contributed by atoms with E-state index >= 15 is 0 Å². The van der Waals surface area contributed by atoms with Crippen LogP contribution in [-0.4, -0.2) is 91.2 Å².